The molecule has 1 nitrogen and oxygen atoms in total. The third kappa shape index (κ3) is 2.95. The summed E-state index contributed by atoms with van der Waals surface area (Å²) in [5.41, 5.74) is 16.8. The highest BCUT2D eigenvalue weighted by Gasteiger charge is 2.64. The Morgan fingerprint density at radius 2 is 1.36 bits per heavy atom. The van der Waals surface area contributed by atoms with Gasteiger partial charge in [-0.3, -0.25) is 0 Å². The van der Waals surface area contributed by atoms with Gasteiger partial charge in [0.05, 0.1) is 5.41 Å². The Hall–Kier alpha value is -5.58. The van der Waals surface area contributed by atoms with E-state index in [9.17, 15) is 0 Å². The molecule has 4 aliphatic rings. The van der Waals surface area contributed by atoms with Crippen molar-refractivity contribution in [3.63, 3.8) is 0 Å². The van der Waals surface area contributed by atoms with Crippen LogP contribution in [0.2, 0.25) is 0 Å². The predicted molar refractivity (Wildman–Crippen MR) is 179 cm³/mol. The van der Waals surface area contributed by atoms with Crippen LogP contribution >= 0.6 is 0 Å². The minimum absolute atomic E-state index is 0.219. The Balaban J connectivity index is 1.18. The molecule has 0 aromatic heterocycles. The van der Waals surface area contributed by atoms with Crippen LogP contribution in [0.4, 0.5) is 17.1 Å². The zero-order valence-corrected chi connectivity index (χ0v) is 24.0. The van der Waals surface area contributed by atoms with Crippen LogP contribution in [0.3, 0.4) is 0 Å². The first-order chi connectivity index (χ1) is 21.8. The van der Waals surface area contributed by atoms with Crippen molar-refractivity contribution in [1.29, 1.82) is 0 Å². The van der Waals surface area contributed by atoms with Crippen molar-refractivity contribution in [2.75, 3.05) is 4.90 Å². The zero-order valence-electron chi connectivity index (χ0n) is 24.0. The second-order valence-corrected chi connectivity index (χ2v) is 12.3. The maximum absolute atomic E-state index is 3.64. The second-order valence-electron chi connectivity index (χ2n) is 12.3. The van der Waals surface area contributed by atoms with E-state index in [1.54, 1.807) is 0 Å². The number of allylic oxidation sites excluding steroid dienone is 4. The number of hydrogen-bond acceptors (Lipinski definition) is 1. The lowest BCUT2D eigenvalue weighted by Gasteiger charge is -2.31. The van der Waals surface area contributed by atoms with Gasteiger partial charge in [0.1, 0.15) is 0 Å². The van der Waals surface area contributed by atoms with E-state index in [4.69, 9.17) is 0 Å². The third-order valence-corrected chi connectivity index (χ3v) is 10.3. The van der Waals surface area contributed by atoms with E-state index in [-0.39, 0.29) is 5.41 Å². The molecule has 204 valence electrons. The molecule has 0 saturated heterocycles. The van der Waals surface area contributed by atoms with E-state index in [2.05, 4.69) is 163 Å². The van der Waals surface area contributed by atoms with Crippen LogP contribution in [0.5, 0.6) is 0 Å². The van der Waals surface area contributed by atoms with Crippen LogP contribution in [0.1, 0.15) is 33.7 Å². The molecule has 0 bridgehead atoms. The summed E-state index contributed by atoms with van der Waals surface area (Å²) in [5, 5.41) is 0. The van der Waals surface area contributed by atoms with E-state index in [1.807, 2.05) is 6.07 Å². The number of nitrogens with zero attached hydrogens (tertiary/aromatic N) is 1. The summed E-state index contributed by atoms with van der Waals surface area (Å²) in [7, 11) is 0. The molecular weight excluding hydrogens is 530 g/mol. The summed E-state index contributed by atoms with van der Waals surface area (Å²) in [5.74, 6) is 0.691. The molecular formula is C43H27N. The van der Waals surface area contributed by atoms with Crippen LogP contribution in [0, 0.1) is 18.1 Å². The monoisotopic (exact) mass is 557 g/mol. The van der Waals surface area contributed by atoms with Crippen molar-refractivity contribution >= 4 is 22.6 Å². The average Bonchev–Trinajstić information content (AvgIpc) is 3.69. The average molecular weight is 558 g/mol. The normalized spacial score (nSPS) is 20.7. The quantitative estimate of drug-likeness (QED) is 0.208. The molecule has 6 aromatic carbocycles. The third-order valence-electron chi connectivity index (χ3n) is 10.3. The van der Waals surface area contributed by atoms with Crippen molar-refractivity contribution in [3.05, 3.63) is 192 Å². The smallest absolute Gasteiger partial charge is 0.0629 e. The summed E-state index contributed by atoms with van der Waals surface area (Å²) >= 11 is 0. The molecule has 10 rings (SSSR count). The number of benzene rings is 5. The number of rotatable bonds is 4. The molecule has 6 aromatic rings. The molecule has 0 aliphatic heterocycles. The molecule has 0 fully saturated rings. The zero-order chi connectivity index (χ0) is 28.8. The molecule has 44 heavy (non-hydrogen) atoms. The van der Waals surface area contributed by atoms with Gasteiger partial charge in [-0.25, -0.2) is 0 Å². The number of fused-ring (bicyclic) bond motifs is 5. The fourth-order valence-electron chi connectivity index (χ4n) is 8.75. The maximum atomic E-state index is 3.64. The van der Waals surface area contributed by atoms with E-state index in [0.717, 1.165) is 11.4 Å². The molecule has 3 unspecified atom stereocenters. The summed E-state index contributed by atoms with van der Waals surface area (Å²) in [6.45, 7) is 0. The summed E-state index contributed by atoms with van der Waals surface area (Å²) in [4.78, 5) is 2.39. The van der Waals surface area contributed by atoms with Crippen LogP contribution in [-0.2, 0) is 5.41 Å². The van der Waals surface area contributed by atoms with Crippen molar-refractivity contribution in [1.82, 2.24) is 0 Å². The van der Waals surface area contributed by atoms with Gasteiger partial charge in [-0.15, -0.1) is 0 Å². The number of hydrogen-bond donors (Lipinski definition) is 0. The van der Waals surface area contributed by atoms with Gasteiger partial charge in [0, 0.05) is 34.5 Å². The minimum atomic E-state index is -0.219. The van der Waals surface area contributed by atoms with Gasteiger partial charge in [-0.2, -0.15) is 0 Å². The lowest BCUT2D eigenvalue weighted by atomic mass is 9.68. The van der Waals surface area contributed by atoms with Crippen LogP contribution < -0.4 is 4.90 Å². The highest BCUT2D eigenvalue weighted by molar-refractivity contribution is 5.97. The molecule has 4 aliphatic carbocycles. The summed E-state index contributed by atoms with van der Waals surface area (Å²) in [6, 6.07) is 55.6. The first-order valence-electron chi connectivity index (χ1n) is 15.4. The standard InChI is InChI=1S/C43H27N/c1-3-11-28(12-4-1)29-21-23-31(24-22-29)44(30-13-5-2-6-14-30)32-25-26-40-38(27-32)37-19-10-18-36-35-17-9-16-34-33-15-7-8-20-39(33)43(40,41(34)35)42(36)37/h1-7,9-19,21-27,36,42H. The van der Waals surface area contributed by atoms with E-state index >= 15 is 0 Å². The summed E-state index contributed by atoms with van der Waals surface area (Å²) in [6.07, 6.45) is 7.08. The molecule has 1 heteroatoms. The van der Waals surface area contributed by atoms with Crippen molar-refractivity contribution in [2.24, 2.45) is 5.92 Å². The fourth-order valence-corrected chi connectivity index (χ4v) is 8.75. The van der Waals surface area contributed by atoms with E-state index in [1.165, 1.54) is 61.3 Å². The van der Waals surface area contributed by atoms with Gasteiger partial charge in [0.15, 0.2) is 0 Å². The minimum Gasteiger partial charge on any atom is -0.310 e. The van der Waals surface area contributed by atoms with Crippen molar-refractivity contribution < 1.29 is 0 Å². The first-order valence-corrected chi connectivity index (χ1v) is 15.4. The molecule has 0 radical (unpaired) electrons. The van der Waals surface area contributed by atoms with Gasteiger partial charge >= 0.3 is 0 Å². The largest absolute Gasteiger partial charge is 0.310 e. The maximum Gasteiger partial charge on any atom is 0.0629 e. The Kier molecular flexibility index (Phi) is 4.74. The van der Waals surface area contributed by atoms with Crippen molar-refractivity contribution in [2.45, 2.75) is 11.3 Å². The highest BCUT2D eigenvalue weighted by Crippen LogP contribution is 2.72. The van der Waals surface area contributed by atoms with Crippen molar-refractivity contribution in [3.8, 4) is 22.3 Å². The predicted octanol–water partition coefficient (Wildman–Crippen LogP) is 10.4. The summed E-state index contributed by atoms with van der Waals surface area (Å²) < 4.78 is 0. The molecule has 0 N–H and O–H groups in total. The second kappa shape index (κ2) is 8.73. The van der Waals surface area contributed by atoms with Gasteiger partial charge in [0.2, 0.25) is 0 Å². The Morgan fingerprint density at radius 3 is 2.20 bits per heavy atom. The van der Waals surface area contributed by atoms with Crippen LogP contribution in [0.15, 0.2) is 152 Å². The van der Waals surface area contributed by atoms with Gasteiger partial charge in [-0.1, -0.05) is 115 Å². The van der Waals surface area contributed by atoms with Crippen LogP contribution in [-0.4, -0.2) is 0 Å². The fraction of sp³-hybridized carbons (Fsp3) is 0.0698. The van der Waals surface area contributed by atoms with Crippen LogP contribution in [0.25, 0.3) is 27.8 Å². The van der Waals surface area contributed by atoms with E-state index in [0.29, 0.717) is 11.8 Å². The Labute approximate surface area is 258 Å². The Bertz CT molecular complexity index is 2170. The lowest BCUT2D eigenvalue weighted by Crippen LogP contribution is -2.29. The highest BCUT2D eigenvalue weighted by atomic mass is 15.1. The Morgan fingerprint density at radius 1 is 0.614 bits per heavy atom. The lowest BCUT2D eigenvalue weighted by molar-refractivity contribution is 0.501. The van der Waals surface area contributed by atoms with Gasteiger partial charge in [0.25, 0.3) is 0 Å². The topological polar surface area (TPSA) is 3.24 Å². The first kappa shape index (κ1) is 23.9. The van der Waals surface area contributed by atoms with Gasteiger partial charge in [-0.05, 0) is 98.6 Å². The number of anilines is 3. The van der Waals surface area contributed by atoms with Gasteiger partial charge < -0.3 is 4.90 Å². The molecule has 0 amide bonds. The number of para-hydroxylation sites is 1. The molecule has 0 saturated carbocycles. The molecule has 1 spiro atoms. The SMILES string of the molecule is c1ccc2c(c#1)C13c4ccc(N(c5ccccc5)c5ccc(-c6ccccc6)cc5)cc4C4=CC=CC(c5cccc-2c51)C43. The van der Waals surface area contributed by atoms with E-state index < -0.39 is 0 Å². The molecule has 3 atom stereocenters. The molecule has 0 heterocycles.